The van der Waals surface area contributed by atoms with E-state index in [1.165, 1.54) is 0 Å². The quantitative estimate of drug-likeness (QED) is 0.580. The third kappa shape index (κ3) is 1.87. The van der Waals surface area contributed by atoms with Crippen LogP contribution in [0.25, 0.3) is 10.8 Å². The van der Waals surface area contributed by atoms with Crippen LogP contribution in [0.15, 0.2) is 41.3 Å². The molecule has 0 bridgehead atoms. The van der Waals surface area contributed by atoms with Crippen LogP contribution in [0, 0.1) is 0 Å². The summed E-state index contributed by atoms with van der Waals surface area (Å²) >= 11 is 7.20. The second-order valence-electron chi connectivity index (χ2n) is 3.13. The van der Waals surface area contributed by atoms with Crippen LogP contribution in [0.5, 0.6) is 0 Å². The molecular formula is C12H9ClOS. The summed E-state index contributed by atoms with van der Waals surface area (Å²) in [6.07, 6.45) is 2.02. The number of carbonyl (C=O) groups is 1. The lowest BCUT2D eigenvalue weighted by Gasteiger charge is -2.06. The lowest BCUT2D eigenvalue weighted by Crippen LogP contribution is -1.91. The Kier molecular flexibility index (Phi) is 2.98. The van der Waals surface area contributed by atoms with Crippen LogP contribution in [0.4, 0.5) is 0 Å². The molecule has 0 N–H and O–H groups in total. The number of thioether (sulfide) groups is 1. The average molecular weight is 237 g/mol. The molecule has 0 radical (unpaired) electrons. The molecule has 0 unspecified atom stereocenters. The minimum atomic E-state index is -0.404. The number of rotatable bonds is 2. The van der Waals surface area contributed by atoms with Crippen molar-refractivity contribution in [3.05, 3.63) is 42.0 Å². The van der Waals surface area contributed by atoms with Gasteiger partial charge >= 0.3 is 0 Å². The molecule has 0 aromatic heterocycles. The van der Waals surface area contributed by atoms with Crippen molar-refractivity contribution in [2.24, 2.45) is 0 Å². The number of hydrogen-bond donors (Lipinski definition) is 0. The number of fused-ring (bicyclic) bond motifs is 1. The van der Waals surface area contributed by atoms with Crippen molar-refractivity contribution >= 4 is 39.4 Å². The molecule has 0 saturated carbocycles. The minimum Gasteiger partial charge on any atom is -0.276 e. The number of carbonyl (C=O) groups excluding carboxylic acids is 1. The van der Waals surface area contributed by atoms with Crippen LogP contribution in [-0.2, 0) is 0 Å². The van der Waals surface area contributed by atoms with Gasteiger partial charge in [-0.05, 0) is 40.8 Å². The predicted octanol–water partition coefficient (Wildman–Crippen LogP) is 3.94. The normalized spacial score (nSPS) is 10.5. The van der Waals surface area contributed by atoms with Gasteiger partial charge < -0.3 is 0 Å². The van der Waals surface area contributed by atoms with Gasteiger partial charge in [0.05, 0.1) is 0 Å². The van der Waals surface area contributed by atoms with Gasteiger partial charge in [-0.25, -0.2) is 0 Å². The SMILES string of the molecule is CSc1ccc(C(=O)Cl)c2ccccc12. The summed E-state index contributed by atoms with van der Waals surface area (Å²) < 4.78 is 0. The van der Waals surface area contributed by atoms with Crippen LogP contribution in [0.1, 0.15) is 10.4 Å². The molecule has 2 aromatic rings. The molecule has 0 saturated heterocycles. The van der Waals surface area contributed by atoms with Gasteiger partial charge in [-0.15, -0.1) is 11.8 Å². The first-order valence-electron chi connectivity index (χ1n) is 4.49. The van der Waals surface area contributed by atoms with Crippen molar-refractivity contribution in [2.45, 2.75) is 4.90 Å². The number of benzene rings is 2. The molecule has 2 aromatic carbocycles. The third-order valence-electron chi connectivity index (χ3n) is 2.32. The largest absolute Gasteiger partial charge is 0.276 e. The van der Waals surface area contributed by atoms with Gasteiger partial charge in [0.15, 0.2) is 0 Å². The molecule has 2 rings (SSSR count). The van der Waals surface area contributed by atoms with Crippen LogP contribution >= 0.6 is 23.4 Å². The van der Waals surface area contributed by atoms with Gasteiger partial charge in [0, 0.05) is 10.5 Å². The molecule has 76 valence electrons. The van der Waals surface area contributed by atoms with Gasteiger partial charge in [0.25, 0.3) is 5.24 Å². The molecular weight excluding hydrogens is 228 g/mol. The van der Waals surface area contributed by atoms with E-state index in [-0.39, 0.29) is 0 Å². The van der Waals surface area contributed by atoms with Crippen molar-refractivity contribution in [3.8, 4) is 0 Å². The summed E-state index contributed by atoms with van der Waals surface area (Å²) in [6.45, 7) is 0. The van der Waals surface area contributed by atoms with Crippen molar-refractivity contribution in [3.63, 3.8) is 0 Å². The Morgan fingerprint density at radius 3 is 2.40 bits per heavy atom. The van der Waals surface area contributed by atoms with E-state index in [0.717, 1.165) is 15.7 Å². The molecule has 15 heavy (non-hydrogen) atoms. The zero-order valence-corrected chi connectivity index (χ0v) is 9.73. The lowest BCUT2D eigenvalue weighted by molar-refractivity contribution is 0.108. The molecule has 0 aliphatic carbocycles. The second-order valence-corrected chi connectivity index (χ2v) is 4.33. The van der Waals surface area contributed by atoms with Crippen LogP contribution in [0.2, 0.25) is 0 Å². The molecule has 0 fully saturated rings. The van der Waals surface area contributed by atoms with Crippen LogP contribution in [-0.4, -0.2) is 11.5 Å². The summed E-state index contributed by atoms with van der Waals surface area (Å²) in [7, 11) is 0. The topological polar surface area (TPSA) is 17.1 Å². The summed E-state index contributed by atoms with van der Waals surface area (Å²) in [6, 6.07) is 11.5. The van der Waals surface area contributed by atoms with E-state index in [1.807, 2.05) is 36.6 Å². The predicted molar refractivity (Wildman–Crippen MR) is 65.9 cm³/mol. The maximum absolute atomic E-state index is 11.2. The van der Waals surface area contributed by atoms with E-state index in [9.17, 15) is 4.79 Å². The highest BCUT2D eigenvalue weighted by molar-refractivity contribution is 7.98. The Morgan fingerprint density at radius 2 is 1.80 bits per heavy atom. The maximum Gasteiger partial charge on any atom is 0.253 e. The van der Waals surface area contributed by atoms with Gasteiger partial charge in [-0.3, -0.25) is 4.79 Å². The van der Waals surface area contributed by atoms with Crippen LogP contribution in [0.3, 0.4) is 0 Å². The highest BCUT2D eigenvalue weighted by atomic mass is 35.5. The van der Waals surface area contributed by atoms with E-state index in [0.29, 0.717) is 5.56 Å². The average Bonchev–Trinajstić information content (AvgIpc) is 2.27. The van der Waals surface area contributed by atoms with Crippen LogP contribution < -0.4 is 0 Å². The van der Waals surface area contributed by atoms with Crippen molar-refractivity contribution in [1.29, 1.82) is 0 Å². The molecule has 0 heterocycles. The fraction of sp³-hybridized carbons (Fsp3) is 0.0833. The van der Waals surface area contributed by atoms with Crippen molar-refractivity contribution in [2.75, 3.05) is 6.26 Å². The molecule has 0 atom stereocenters. The molecule has 1 nitrogen and oxygen atoms in total. The summed E-state index contributed by atoms with van der Waals surface area (Å²) in [5, 5.41) is 1.60. The summed E-state index contributed by atoms with van der Waals surface area (Å²) in [5.74, 6) is 0. The van der Waals surface area contributed by atoms with E-state index in [4.69, 9.17) is 11.6 Å². The maximum atomic E-state index is 11.2. The van der Waals surface area contributed by atoms with Gasteiger partial charge in [0.1, 0.15) is 0 Å². The second kappa shape index (κ2) is 4.25. The Balaban J connectivity index is 2.83. The number of hydrogen-bond acceptors (Lipinski definition) is 2. The van der Waals surface area contributed by atoms with E-state index >= 15 is 0 Å². The molecule has 0 spiro atoms. The van der Waals surface area contributed by atoms with Gasteiger partial charge in [-0.1, -0.05) is 24.3 Å². The standard InChI is InChI=1S/C12H9ClOS/c1-15-11-7-6-10(12(13)14)8-4-2-3-5-9(8)11/h2-7H,1H3. The van der Waals surface area contributed by atoms with E-state index in [1.54, 1.807) is 17.8 Å². The first-order chi connectivity index (χ1) is 7.24. The molecule has 3 heteroatoms. The fourth-order valence-corrected chi connectivity index (χ4v) is 2.39. The van der Waals surface area contributed by atoms with E-state index in [2.05, 4.69) is 0 Å². The fourth-order valence-electron chi connectivity index (χ4n) is 1.62. The zero-order chi connectivity index (χ0) is 10.8. The highest BCUT2D eigenvalue weighted by Crippen LogP contribution is 2.29. The minimum absolute atomic E-state index is 0.404. The smallest absolute Gasteiger partial charge is 0.253 e. The molecule has 0 aliphatic heterocycles. The molecule has 0 amide bonds. The van der Waals surface area contributed by atoms with Crippen molar-refractivity contribution in [1.82, 2.24) is 0 Å². The lowest BCUT2D eigenvalue weighted by atomic mass is 10.1. The zero-order valence-electron chi connectivity index (χ0n) is 8.16. The Labute approximate surface area is 97.4 Å². The monoisotopic (exact) mass is 236 g/mol. The highest BCUT2D eigenvalue weighted by Gasteiger charge is 2.09. The first-order valence-corrected chi connectivity index (χ1v) is 6.10. The Morgan fingerprint density at radius 1 is 1.13 bits per heavy atom. The summed E-state index contributed by atoms with van der Waals surface area (Å²) in [5.41, 5.74) is 0.574. The Bertz CT molecular complexity index is 522. The van der Waals surface area contributed by atoms with Gasteiger partial charge in [0.2, 0.25) is 0 Å². The molecule has 0 aliphatic rings. The van der Waals surface area contributed by atoms with Gasteiger partial charge in [-0.2, -0.15) is 0 Å². The first kappa shape index (κ1) is 10.5. The number of halogens is 1. The third-order valence-corrected chi connectivity index (χ3v) is 3.32. The van der Waals surface area contributed by atoms with E-state index < -0.39 is 5.24 Å². The van der Waals surface area contributed by atoms with Crippen molar-refractivity contribution < 1.29 is 4.79 Å². The Hall–Kier alpha value is -0.990. The summed E-state index contributed by atoms with van der Waals surface area (Å²) in [4.78, 5) is 12.4.